The molecule has 6 heteroatoms. The molecule has 2 aromatic heterocycles. The number of amides is 1. The summed E-state index contributed by atoms with van der Waals surface area (Å²) < 4.78 is 5.68. The molecule has 0 saturated carbocycles. The summed E-state index contributed by atoms with van der Waals surface area (Å²) in [5, 5.41) is 12.0. The molecule has 3 aromatic rings. The Morgan fingerprint density at radius 3 is 2.85 bits per heavy atom. The summed E-state index contributed by atoms with van der Waals surface area (Å²) in [6, 6.07) is 11.8. The number of unbranched alkanes of at least 4 members (excludes halogenated alkanes) is 1. The quantitative estimate of drug-likeness (QED) is 0.553. The third-order valence-corrected chi connectivity index (χ3v) is 4.97. The maximum Gasteiger partial charge on any atom is 0.255 e. The Balaban J connectivity index is 1.61. The second-order valence-electron chi connectivity index (χ2n) is 5.97. The van der Waals surface area contributed by atoms with Crippen LogP contribution in [-0.4, -0.2) is 29.3 Å². The molecule has 0 unspecified atom stereocenters. The van der Waals surface area contributed by atoms with E-state index >= 15 is 0 Å². The highest BCUT2D eigenvalue weighted by Gasteiger charge is 2.15. The molecule has 1 aromatic carbocycles. The van der Waals surface area contributed by atoms with Crippen molar-refractivity contribution in [3.8, 4) is 17.0 Å². The van der Waals surface area contributed by atoms with Crippen LogP contribution >= 0.6 is 11.3 Å². The smallest absolute Gasteiger partial charge is 0.255 e. The van der Waals surface area contributed by atoms with Gasteiger partial charge in [-0.1, -0.05) is 19.4 Å². The van der Waals surface area contributed by atoms with Crippen molar-refractivity contribution in [1.29, 1.82) is 0 Å². The van der Waals surface area contributed by atoms with Crippen LogP contribution in [0.3, 0.4) is 0 Å². The van der Waals surface area contributed by atoms with Crippen LogP contribution in [0.1, 0.15) is 35.0 Å². The van der Waals surface area contributed by atoms with Crippen molar-refractivity contribution in [3.05, 3.63) is 58.4 Å². The van der Waals surface area contributed by atoms with Crippen molar-refractivity contribution in [2.75, 3.05) is 13.2 Å². The Kier molecular flexibility index (Phi) is 6.44. The fraction of sp³-hybridized carbons (Fsp3) is 0.300. The molecule has 0 atom stereocenters. The van der Waals surface area contributed by atoms with Gasteiger partial charge in [-0.2, -0.15) is 5.10 Å². The van der Waals surface area contributed by atoms with Gasteiger partial charge >= 0.3 is 0 Å². The predicted molar refractivity (Wildman–Crippen MR) is 105 cm³/mol. The van der Waals surface area contributed by atoms with E-state index in [1.165, 1.54) is 4.88 Å². The summed E-state index contributed by atoms with van der Waals surface area (Å²) in [4.78, 5) is 13.7. The van der Waals surface area contributed by atoms with E-state index in [-0.39, 0.29) is 5.91 Å². The number of H-pyrrole nitrogens is 1. The number of hydrogen-bond acceptors (Lipinski definition) is 4. The van der Waals surface area contributed by atoms with Crippen LogP contribution in [0.25, 0.3) is 11.3 Å². The Morgan fingerprint density at radius 1 is 1.27 bits per heavy atom. The number of carbonyl (C=O) groups excluding carboxylic acids is 1. The standard InChI is InChI=1S/C20H23N3O2S/c1-2-3-12-25-16-8-6-15(7-9-16)19-18(14-22-23-19)20(24)21-11-10-17-5-4-13-26-17/h4-9,13-14H,2-3,10-12H2,1H3,(H,21,24)(H,22,23). The van der Waals surface area contributed by atoms with Gasteiger partial charge in [-0.05, 0) is 48.6 Å². The number of thiophene rings is 1. The molecule has 0 aliphatic carbocycles. The van der Waals surface area contributed by atoms with Gasteiger partial charge < -0.3 is 10.1 Å². The molecule has 2 N–H and O–H groups in total. The zero-order chi connectivity index (χ0) is 18.2. The Bertz CT molecular complexity index is 810. The lowest BCUT2D eigenvalue weighted by molar-refractivity contribution is 0.0955. The van der Waals surface area contributed by atoms with Crippen LogP contribution in [0, 0.1) is 0 Å². The number of benzene rings is 1. The van der Waals surface area contributed by atoms with Crippen LogP contribution in [0.2, 0.25) is 0 Å². The van der Waals surface area contributed by atoms with Gasteiger partial charge in [0, 0.05) is 17.0 Å². The van der Waals surface area contributed by atoms with Gasteiger partial charge in [0.25, 0.3) is 5.91 Å². The number of rotatable bonds is 9. The van der Waals surface area contributed by atoms with Crippen LogP contribution in [0.4, 0.5) is 0 Å². The lowest BCUT2D eigenvalue weighted by Gasteiger charge is -2.08. The van der Waals surface area contributed by atoms with E-state index in [2.05, 4.69) is 28.5 Å². The lowest BCUT2D eigenvalue weighted by atomic mass is 10.1. The molecule has 3 rings (SSSR count). The number of nitrogens with one attached hydrogen (secondary N) is 2. The van der Waals surface area contributed by atoms with E-state index < -0.39 is 0 Å². The van der Waals surface area contributed by atoms with Crippen molar-refractivity contribution < 1.29 is 9.53 Å². The maximum atomic E-state index is 12.5. The number of hydrogen-bond donors (Lipinski definition) is 2. The van der Waals surface area contributed by atoms with Crippen molar-refractivity contribution >= 4 is 17.2 Å². The summed E-state index contributed by atoms with van der Waals surface area (Å²) in [7, 11) is 0. The Hall–Kier alpha value is -2.60. The predicted octanol–water partition coefficient (Wildman–Crippen LogP) is 4.29. The minimum Gasteiger partial charge on any atom is -0.494 e. The van der Waals surface area contributed by atoms with Gasteiger partial charge in [-0.15, -0.1) is 11.3 Å². The number of aromatic amines is 1. The minimum absolute atomic E-state index is 0.117. The third kappa shape index (κ3) is 4.73. The average Bonchev–Trinajstić information content (AvgIpc) is 3.34. The van der Waals surface area contributed by atoms with Crippen LogP contribution in [0.5, 0.6) is 5.75 Å². The molecule has 2 heterocycles. The molecule has 0 spiro atoms. The Morgan fingerprint density at radius 2 is 2.12 bits per heavy atom. The van der Waals surface area contributed by atoms with Gasteiger partial charge in [0.05, 0.1) is 24.1 Å². The fourth-order valence-electron chi connectivity index (χ4n) is 2.58. The average molecular weight is 369 g/mol. The maximum absolute atomic E-state index is 12.5. The van der Waals surface area contributed by atoms with Crippen molar-refractivity contribution in [1.82, 2.24) is 15.5 Å². The number of carbonyl (C=O) groups is 1. The zero-order valence-corrected chi connectivity index (χ0v) is 15.6. The molecule has 0 bridgehead atoms. The molecule has 0 radical (unpaired) electrons. The minimum atomic E-state index is -0.117. The molecular weight excluding hydrogens is 346 g/mol. The van der Waals surface area contributed by atoms with Gasteiger partial charge in [0.15, 0.2) is 0 Å². The monoisotopic (exact) mass is 369 g/mol. The van der Waals surface area contributed by atoms with Gasteiger partial charge in [-0.3, -0.25) is 9.89 Å². The van der Waals surface area contributed by atoms with E-state index in [0.717, 1.165) is 42.9 Å². The molecule has 0 fully saturated rings. The van der Waals surface area contributed by atoms with Crippen molar-refractivity contribution in [2.45, 2.75) is 26.2 Å². The van der Waals surface area contributed by atoms with E-state index in [0.29, 0.717) is 12.1 Å². The van der Waals surface area contributed by atoms with Crippen molar-refractivity contribution in [3.63, 3.8) is 0 Å². The topological polar surface area (TPSA) is 67.0 Å². The summed E-state index contributed by atoms with van der Waals surface area (Å²) in [6.45, 7) is 3.46. The van der Waals surface area contributed by atoms with E-state index in [9.17, 15) is 4.79 Å². The molecule has 0 saturated heterocycles. The molecule has 1 amide bonds. The van der Waals surface area contributed by atoms with Crippen LogP contribution in [-0.2, 0) is 6.42 Å². The second kappa shape index (κ2) is 9.20. The molecule has 136 valence electrons. The van der Waals surface area contributed by atoms with Crippen LogP contribution < -0.4 is 10.1 Å². The zero-order valence-electron chi connectivity index (χ0n) is 14.8. The van der Waals surface area contributed by atoms with Crippen molar-refractivity contribution in [2.24, 2.45) is 0 Å². The first-order valence-electron chi connectivity index (χ1n) is 8.85. The molecule has 5 nitrogen and oxygen atoms in total. The summed E-state index contributed by atoms with van der Waals surface area (Å²) >= 11 is 1.70. The number of aromatic nitrogens is 2. The first-order chi connectivity index (χ1) is 12.8. The highest BCUT2D eigenvalue weighted by molar-refractivity contribution is 7.09. The largest absolute Gasteiger partial charge is 0.494 e. The first kappa shape index (κ1) is 18.2. The molecule has 0 aliphatic heterocycles. The number of ether oxygens (including phenoxy) is 1. The fourth-order valence-corrected chi connectivity index (χ4v) is 3.29. The molecule has 0 aliphatic rings. The van der Waals surface area contributed by atoms with E-state index in [1.54, 1.807) is 17.5 Å². The van der Waals surface area contributed by atoms with E-state index in [4.69, 9.17) is 4.74 Å². The lowest BCUT2D eigenvalue weighted by Crippen LogP contribution is -2.25. The number of nitrogens with zero attached hydrogens (tertiary/aromatic N) is 1. The Labute approximate surface area is 157 Å². The SMILES string of the molecule is CCCCOc1ccc(-c2[nH]ncc2C(=O)NCCc2cccs2)cc1. The first-order valence-corrected chi connectivity index (χ1v) is 9.73. The summed E-state index contributed by atoms with van der Waals surface area (Å²) in [6.07, 6.45) is 4.55. The third-order valence-electron chi connectivity index (χ3n) is 4.03. The highest BCUT2D eigenvalue weighted by Crippen LogP contribution is 2.24. The summed E-state index contributed by atoms with van der Waals surface area (Å²) in [5.41, 5.74) is 2.18. The van der Waals surface area contributed by atoms with Gasteiger partial charge in [0.1, 0.15) is 5.75 Å². The summed E-state index contributed by atoms with van der Waals surface area (Å²) in [5.74, 6) is 0.720. The van der Waals surface area contributed by atoms with Gasteiger partial charge in [-0.25, -0.2) is 0 Å². The molecular formula is C20H23N3O2S. The van der Waals surface area contributed by atoms with Gasteiger partial charge in [0.2, 0.25) is 0 Å². The molecule has 26 heavy (non-hydrogen) atoms. The van der Waals surface area contributed by atoms with E-state index in [1.807, 2.05) is 35.7 Å². The normalized spacial score (nSPS) is 10.7. The van der Waals surface area contributed by atoms with Crippen LogP contribution in [0.15, 0.2) is 48.0 Å². The highest BCUT2D eigenvalue weighted by atomic mass is 32.1. The second-order valence-corrected chi connectivity index (χ2v) is 7.00.